The van der Waals surface area contributed by atoms with Crippen molar-refractivity contribution < 1.29 is 14.3 Å². The summed E-state index contributed by atoms with van der Waals surface area (Å²) in [5.41, 5.74) is 13.3. The quantitative estimate of drug-likeness (QED) is 0.170. The Balaban J connectivity index is 1.20. The lowest BCUT2D eigenvalue weighted by Gasteiger charge is -2.32. The smallest absolute Gasteiger partial charge is 0.409 e. The van der Waals surface area contributed by atoms with Crippen molar-refractivity contribution in [3.63, 3.8) is 0 Å². The standard InChI is InChI=1S/C30H33N7O3/c1-19-33-25-13-14-26(24(27(25)34-19)12-9-20-7-10-21(11-8-20)28(31)32)40-30(39)36-37-17-15-23(16-18-37)35-29(38)22-5-3-2-4-6-22/h2-8,10-11,13-14,23H,9,12,15-18H2,1H3,(H3,31,32)(H,33,34)(H,35,38)(H,36,39). The maximum absolute atomic E-state index is 12.9. The molecule has 5 rings (SSSR count). The van der Waals surface area contributed by atoms with Gasteiger partial charge in [-0.3, -0.25) is 15.6 Å². The molecule has 2 heterocycles. The van der Waals surface area contributed by atoms with E-state index in [1.54, 1.807) is 18.2 Å². The predicted octanol–water partition coefficient (Wildman–Crippen LogP) is 3.84. The molecule has 0 radical (unpaired) electrons. The number of benzene rings is 3. The number of nitrogen functional groups attached to an aromatic ring is 1. The predicted molar refractivity (Wildman–Crippen MR) is 153 cm³/mol. The van der Waals surface area contributed by atoms with Crippen LogP contribution in [0.4, 0.5) is 4.79 Å². The number of rotatable bonds is 8. The third-order valence-corrected chi connectivity index (χ3v) is 7.08. The molecule has 1 saturated heterocycles. The molecule has 206 valence electrons. The third-order valence-electron chi connectivity index (χ3n) is 7.08. The number of aryl methyl sites for hydroxylation is 3. The van der Waals surface area contributed by atoms with Crippen molar-refractivity contribution in [2.24, 2.45) is 5.73 Å². The maximum atomic E-state index is 12.9. The average molecular weight is 540 g/mol. The van der Waals surface area contributed by atoms with Crippen LogP contribution in [0.2, 0.25) is 0 Å². The second-order valence-corrected chi connectivity index (χ2v) is 9.97. The second kappa shape index (κ2) is 12.0. The molecule has 1 aliphatic rings. The molecule has 1 aromatic heterocycles. The fourth-order valence-corrected chi connectivity index (χ4v) is 4.94. The summed E-state index contributed by atoms with van der Waals surface area (Å²) in [7, 11) is 0. The van der Waals surface area contributed by atoms with E-state index < -0.39 is 6.09 Å². The molecule has 6 N–H and O–H groups in total. The molecular formula is C30H33N7O3. The number of carbonyl (C=O) groups excluding carboxylic acids is 2. The number of piperidine rings is 1. The van der Waals surface area contributed by atoms with Crippen molar-refractivity contribution in [2.75, 3.05) is 13.1 Å². The number of amides is 2. The number of hydrogen-bond donors (Lipinski definition) is 5. The molecule has 0 unspecified atom stereocenters. The van der Waals surface area contributed by atoms with Crippen molar-refractivity contribution in [2.45, 2.75) is 38.6 Å². The molecule has 3 aromatic carbocycles. The van der Waals surface area contributed by atoms with E-state index in [2.05, 4.69) is 20.7 Å². The molecule has 0 bridgehead atoms. The fraction of sp³-hybridized carbons (Fsp3) is 0.267. The number of ether oxygens (including phenoxy) is 1. The van der Waals surface area contributed by atoms with Crippen LogP contribution in [-0.2, 0) is 12.8 Å². The number of carbonyl (C=O) groups is 2. The van der Waals surface area contributed by atoms with Crippen LogP contribution >= 0.6 is 0 Å². The Kier molecular flexibility index (Phi) is 8.07. The van der Waals surface area contributed by atoms with E-state index in [1.807, 2.05) is 60.5 Å². The van der Waals surface area contributed by atoms with Gasteiger partial charge in [0.1, 0.15) is 17.4 Å². The first-order valence-electron chi connectivity index (χ1n) is 13.4. The first-order valence-corrected chi connectivity index (χ1v) is 13.4. The monoisotopic (exact) mass is 539 g/mol. The zero-order valence-electron chi connectivity index (χ0n) is 22.4. The maximum Gasteiger partial charge on any atom is 0.427 e. The molecular weight excluding hydrogens is 506 g/mol. The highest BCUT2D eigenvalue weighted by Crippen LogP contribution is 2.28. The van der Waals surface area contributed by atoms with Gasteiger partial charge in [-0.2, -0.15) is 0 Å². The lowest BCUT2D eigenvalue weighted by molar-refractivity contribution is 0.0874. The lowest BCUT2D eigenvalue weighted by atomic mass is 10.0. The van der Waals surface area contributed by atoms with Crippen molar-refractivity contribution in [3.05, 3.63) is 94.8 Å². The van der Waals surface area contributed by atoms with E-state index >= 15 is 0 Å². The fourth-order valence-electron chi connectivity index (χ4n) is 4.94. The van der Waals surface area contributed by atoms with Gasteiger partial charge < -0.3 is 20.8 Å². The van der Waals surface area contributed by atoms with Crippen molar-refractivity contribution >= 4 is 28.9 Å². The number of aromatic amines is 1. The van der Waals surface area contributed by atoms with Crippen molar-refractivity contribution in [1.82, 2.24) is 25.7 Å². The van der Waals surface area contributed by atoms with Crippen LogP contribution in [0.25, 0.3) is 11.0 Å². The van der Waals surface area contributed by atoms with Gasteiger partial charge >= 0.3 is 6.09 Å². The number of nitrogens with zero attached hydrogens (tertiary/aromatic N) is 2. The zero-order chi connectivity index (χ0) is 28.1. The normalized spacial score (nSPS) is 14.1. The van der Waals surface area contributed by atoms with Gasteiger partial charge in [-0.05, 0) is 62.4 Å². The summed E-state index contributed by atoms with van der Waals surface area (Å²) >= 11 is 0. The Morgan fingerprint density at radius 1 is 1.02 bits per heavy atom. The number of aromatic nitrogens is 2. The summed E-state index contributed by atoms with van der Waals surface area (Å²) in [4.78, 5) is 33.2. The number of nitrogens with one attached hydrogen (secondary N) is 4. The van der Waals surface area contributed by atoms with E-state index in [-0.39, 0.29) is 17.8 Å². The first kappa shape index (κ1) is 26.9. The molecule has 40 heavy (non-hydrogen) atoms. The average Bonchev–Trinajstić information content (AvgIpc) is 3.34. The van der Waals surface area contributed by atoms with Crippen LogP contribution < -0.4 is 21.2 Å². The van der Waals surface area contributed by atoms with Crippen LogP contribution in [0.5, 0.6) is 5.75 Å². The topological polar surface area (TPSA) is 149 Å². The summed E-state index contributed by atoms with van der Waals surface area (Å²) in [5, 5.41) is 12.5. The molecule has 0 aliphatic carbocycles. The Morgan fingerprint density at radius 3 is 2.45 bits per heavy atom. The van der Waals surface area contributed by atoms with Gasteiger partial charge in [0.25, 0.3) is 5.91 Å². The van der Waals surface area contributed by atoms with Gasteiger partial charge in [-0.15, -0.1) is 0 Å². The van der Waals surface area contributed by atoms with E-state index in [0.717, 1.165) is 28.0 Å². The third kappa shape index (κ3) is 6.47. The van der Waals surface area contributed by atoms with Gasteiger partial charge in [0, 0.05) is 35.8 Å². The van der Waals surface area contributed by atoms with Crippen LogP contribution in [-0.4, -0.2) is 51.9 Å². The Labute approximate surface area is 232 Å². The number of imidazole rings is 1. The molecule has 2 amide bonds. The molecule has 1 aliphatic heterocycles. The second-order valence-electron chi connectivity index (χ2n) is 9.97. The lowest BCUT2D eigenvalue weighted by Crippen LogP contribution is -2.51. The number of hydrazine groups is 1. The minimum absolute atomic E-state index is 0.0335. The zero-order valence-corrected chi connectivity index (χ0v) is 22.4. The number of nitrogens with two attached hydrogens (primary N) is 1. The highest BCUT2D eigenvalue weighted by atomic mass is 16.6. The Morgan fingerprint density at radius 2 is 1.75 bits per heavy atom. The van der Waals surface area contributed by atoms with E-state index in [1.165, 1.54) is 0 Å². The Hall–Kier alpha value is -4.70. The van der Waals surface area contributed by atoms with Crippen LogP contribution in [0.1, 0.15) is 45.7 Å². The van der Waals surface area contributed by atoms with Gasteiger partial charge in [0.15, 0.2) is 0 Å². The van der Waals surface area contributed by atoms with Gasteiger partial charge in [0.2, 0.25) is 0 Å². The van der Waals surface area contributed by atoms with Gasteiger partial charge in [0.05, 0.1) is 11.0 Å². The minimum atomic E-state index is -0.564. The number of hydrogen-bond acceptors (Lipinski definition) is 6. The molecule has 4 aromatic rings. The van der Waals surface area contributed by atoms with E-state index in [9.17, 15) is 9.59 Å². The van der Waals surface area contributed by atoms with E-state index in [0.29, 0.717) is 55.6 Å². The molecule has 0 atom stereocenters. The number of fused-ring (bicyclic) bond motifs is 1. The SMILES string of the molecule is Cc1nc2c(CCc3ccc(C(=N)N)cc3)c(OC(=O)NN3CCC(NC(=O)c4ccccc4)CC3)ccc2[nH]1. The summed E-state index contributed by atoms with van der Waals surface area (Å²) in [6.07, 6.45) is 2.17. The van der Waals surface area contributed by atoms with Crippen molar-refractivity contribution in [3.8, 4) is 5.75 Å². The summed E-state index contributed by atoms with van der Waals surface area (Å²) < 4.78 is 5.79. The largest absolute Gasteiger partial charge is 0.427 e. The molecule has 0 saturated carbocycles. The Bertz CT molecular complexity index is 1510. The molecule has 0 spiro atoms. The van der Waals surface area contributed by atoms with Crippen LogP contribution in [0, 0.1) is 12.3 Å². The molecule has 10 nitrogen and oxygen atoms in total. The van der Waals surface area contributed by atoms with Crippen LogP contribution in [0.3, 0.4) is 0 Å². The highest BCUT2D eigenvalue weighted by molar-refractivity contribution is 5.95. The minimum Gasteiger partial charge on any atom is -0.409 e. The summed E-state index contributed by atoms with van der Waals surface area (Å²) in [6.45, 7) is 3.08. The van der Waals surface area contributed by atoms with Crippen molar-refractivity contribution in [1.29, 1.82) is 5.41 Å². The number of amidine groups is 1. The number of H-pyrrole nitrogens is 1. The van der Waals surface area contributed by atoms with Gasteiger partial charge in [-0.1, -0.05) is 42.5 Å². The highest BCUT2D eigenvalue weighted by Gasteiger charge is 2.23. The first-order chi connectivity index (χ1) is 19.4. The van der Waals surface area contributed by atoms with Gasteiger partial charge in [-0.25, -0.2) is 14.8 Å². The molecule has 1 fully saturated rings. The van der Waals surface area contributed by atoms with Crippen LogP contribution in [0.15, 0.2) is 66.7 Å². The summed E-state index contributed by atoms with van der Waals surface area (Å²) in [6, 6.07) is 20.4. The summed E-state index contributed by atoms with van der Waals surface area (Å²) in [5.74, 6) is 1.19. The van der Waals surface area contributed by atoms with E-state index in [4.69, 9.17) is 15.9 Å². The molecule has 10 heteroatoms.